The summed E-state index contributed by atoms with van der Waals surface area (Å²) in [6, 6.07) is 30.7. The van der Waals surface area contributed by atoms with Crippen molar-refractivity contribution < 1.29 is 19.1 Å². The van der Waals surface area contributed by atoms with E-state index in [4.69, 9.17) is 4.74 Å². The number of anilines is 2. The molecule has 3 N–H and O–H groups in total. The number of hydrogen-bond donors (Lipinski definition) is 3. The molecule has 0 heterocycles. The fraction of sp³-hybridized carbons (Fsp3) is 0.121. The van der Waals surface area contributed by atoms with E-state index < -0.39 is 11.8 Å². The van der Waals surface area contributed by atoms with Crippen molar-refractivity contribution in [3.8, 4) is 5.75 Å². The lowest BCUT2D eigenvalue weighted by Gasteiger charge is -2.14. The Hall–Kier alpha value is -4.82. The largest absolute Gasteiger partial charge is 0.497 e. The Morgan fingerprint density at radius 3 is 2.24 bits per heavy atom. The quantitative estimate of drug-likeness (QED) is 0.150. The molecule has 0 saturated carbocycles. The van der Waals surface area contributed by atoms with E-state index in [1.165, 1.54) is 11.8 Å². The van der Waals surface area contributed by atoms with Crippen LogP contribution >= 0.6 is 11.8 Å². The lowest BCUT2D eigenvalue weighted by Crippen LogP contribution is -2.30. The second-order valence-corrected chi connectivity index (χ2v) is 10.7. The van der Waals surface area contributed by atoms with E-state index in [1.54, 1.807) is 73.8 Å². The molecular formula is C33H31N3O4S. The summed E-state index contributed by atoms with van der Waals surface area (Å²) in [5.74, 6) is -0.405. The van der Waals surface area contributed by atoms with Gasteiger partial charge in [0.15, 0.2) is 0 Å². The Morgan fingerprint density at radius 2 is 1.51 bits per heavy atom. The zero-order chi connectivity index (χ0) is 29.2. The van der Waals surface area contributed by atoms with Crippen LogP contribution in [0.25, 0.3) is 6.08 Å². The van der Waals surface area contributed by atoms with Crippen LogP contribution in [0.3, 0.4) is 0 Å². The van der Waals surface area contributed by atoms with Crippen LogP contribution in [0.1, 0.15) is 28.4 Å². The predicted molar refractivity (Wildman–Crippen MR) is 165 cm³/mol. The van der Waals surface area contributed by atoms with Crippen LogP contribution in [0.4, 0.5) is 11.4 Å². The Labute approximate surface area is 244 Å². The van der Waals surface area contributed by atoms with Gasteiger partial charge < -0.3 is 20.7 Å². The zero-order valence-electron chi connectivity index (χ0n) is 23.0. The molecular weight excluding hydrogens is 534 g/mol. The van der Waals surface area contributed by atoms with Crippen molar-refractivity contribution in [2.24, 2.45) is 0 Å². The van der Waals surface area contributed by atoms with Gasteiger partial charge in [-0.15, -0.1) is 11.8 Å². The highest BCUT2D eigenvalue weighted by Crippen LogP contribution is 2.27. The molecule has 8 heteroatoms. The minimum atomic E-state index is -0.496. The maximum atomic E-state index is 13.4. The number of amides is 3. The van der Waals surface area contributed by atoms with Crippen molar-refractivity contribution in [3.63, 3.8) is 0 Å². The van der Waals surface area contributed by atoms with Gasteiger partial charge in [0.25, 0.3) is 11.8 Å². The molecule has 7 nitrogen and oxygen atoms in total. The lowest BCUT2D eigenvalue weighted by molar-refractivity contribution is -0.115. The van der Waals surface area contributed by atoms with Crippen LogP contribution in [0.2, 0.25) is 0 Å². The first kappa shape index (κ1) is 29.2. The number of rotatable bonds is 10. The number of nitrogens with one attached hydrogen (secondary N) is 3. The summed E-state index contributed by atoms with van der Waals surface area (Å²) in [4.78, 5) is 39.9. The molecule has 0 aliphatic heterocycles. The Kier molecular flexibility index (Phi) is 9.96. The van der Waals surface area contributed by atoms with E-state index in [1.807, 2.05) is 56.3 Å². The number of thioether (sulfide) groups is 1. The molecule has 0 aliphatic carbocycles. The zero-order valence-corrected chi connectivity index (χ0v) is 23.8. The molecule has 0 bridgehead atoms. The Balaban J connectivity index is 1.49. The van der Waals surface area contributed by atoms with Gasteiger partial charge >= 0.3 is 0 Å². The van der Waals surface area contributed by atoms with Gasteiger partial charge in [-0.05, 0) is 85.6 Å². The Morgan fingerprint density at radius 1 is 0.805 bits per heavy atom. The molecule has 4 aromatic carbocycles. The van der Waals surface area contributed by atoms with Crippen LogP contribution in [-0.2, 0) is 9.59 Å². The maximum Gasteiger partial charge on any atom is 0.272 e. The normalized spacial score (nSPS) is 11.7. The summed E-state index contributed by atoms with van der Waals surface area (Å²) in [5.41, 5.74) is 3.50. The first-order valence-electron chi connectivity index (χ1n) is 13.0. The van der Waals surface area contributed by atoms with Crippen LogP contribution in [0.15, 0.2) is 114 Å². The molecule has 4 aromatic rings. The van der Waals surface area contributed by atoms with E-state index in [9.17, 15) is 14.4 Å². The van der Waals surface area contributed by atoms with Gasteiger partial charge in [-0.25, -0.2) is 0 Å². The fourth-order valence-corrected chi connectivity index (χ4v) is 4.84. The molecule has 3 amide bonds. The smallest absolute Gasteiger partial charge is 0.272 e. The van der Waals surface area contributed by atoms with Gasteiger partial charge in [0, 0.05) is 21.8 Å². The second kappa shape index (κ2) is 14.0. The van der Waals surface area contributed by atoms with E-state index in [0.717, 1.165) is 16.1 Å². The number of carbonyl (C=O) groups is 3. The summed E-state index contributed by atoms with van der Waals surface area (Å²) >= 11 is 1.38. The van der Waals surface area contributed by atoms with Crippen molar-refractivity contribution in [2.75, 3.05) is 17.7 Å². The number of hydrogen-bond acceptors (Lipinski definition) is 5. The molecule has 41 heavy (non-hydrogen) atoms. The predicted octanol–water partition coefficient (Wildman–Crippen LogP) is 6.53. The topological polar surface area (TPSA) is 96.5 Å². The summed E-state index contributed by atoms with van der Waals surface area (Å²) in [7, 11) is 1.56. The molecule has 1 atom stereocenters. The Bertz CT molecular complexity index is 1570. The van der Waals surface area contributed by atoms with Crippen molar-refractivity contribution in [1.82, 2.24) is 5.32 Å². The minimum absolute atomic E-state index is 0.0658. The van der Waals surface area contributed by atoms with Crippen molar-refractivity contribution in [2.45, 2.75) is 24.0 Å². The standard InChI is InChI=1S/C33H31N3O4S/c1-22-10-7-14-26(18-22)34-31(37)23(2)41-29-17-9-15-27(21-29)35-33(39)30(20-24-11-8-16-28(19-24)40-3)36-32(38)25-12-5-4-6-13-25/h4-21,23H,1-3H3,(H,34,37)(H,35,39)(H,36,38)/b30-20-. The minimum Gasteiger partial charge on any atom is -0.497 e. The highest BCUT2D eigenvalue weighted by molar-refractivity contribution is 8.00. The molecule has 0 aromatic heterocycles. The number of aryl methyl sites for hydroxylation is 1. The molecule has 0 aliphatic rings. The van der Waals surface area contributed by atoms with Gasteiger partial charge in [0.1, 0.15) is 11.4 Å². The average Bonchev–Trinajstić information content (AvgIpc) is 2.97. The third-order valence-corrected chi connectivity index (χ3v) is 7.09. The maximum absolute atomic E-state index is 13.4. The van der Waals surface area contributed by atoms with Gasteiger partial charge in [0.2, 0.25) is 5.91 Å². The first-order valence-corrected chi connectivity index (χ1v) is 13.9. The third-order valence-electron chi connectivity index (χ3n) is 5.99. The monoisotopic (exact) mass is 565 g/mol. The fourth-order valence-electron chi connectivity index (χ4n) is 3.91. The van der Waals surface area contributed by atoms with Gasteiger partial charge in [-0.3, -0.25) is 14.4 Å². The van der Waals surface area contributed by atoms with E-state index >= 15 is 0 Å². The van der Waals surface area contributed by atoms with Crippen molar-refractivity contribution in [1.29, 1.82) is 0 Å². The van der Waals surface area contributed by atoms with Gasteiger partial charge in [-0.2, -0.15) is 0 Å². The summed E-state index contributed by atoms with van der Waals surface area (Å²) in [6.45, 7) is 3.80. The van der Waals surface area contributed by atoms with Gasteiger partial charge in [0.05, 0.1) is 12.4 Å². The van der Waals surface area contributed by atoms with E-state index in [0.29, 0.717) is 22.6 Å². The molecule has 0 spiro atoms. The van der Waals surface area contributed by atoms with Crippen LogP contribution in [0.5, 0.6) is 5.75 Å². The summed E-state index contributed by atoms with van der Waals surface area (Å²) in [5, 5.41) is 8.17. The lowest BCUT2D eigenvalue weighted by atomic mass is 10.1. The van der Waals surface area contributed by atoms with E-state index in [2.05, 4.69) is 16.0 Å². The SMILES string of the molecule is COc1cccc(/C=C(\NC(=O)c2ccccc2)C(=O)Nc2cccc(SC(C)C(=O)Nc3cccc(C)c3)c2)c1. The molecule has 0 radical (unpaired) electrons. The molecule has 1 unspecified atom stereocenters. The van der Waals surface area contributed by atoms with Crippen LogP contribution in [-0.4, -0.2) is 30.1 Å². The molecule has 0 saturated heterocycles. The van der Waals surface area contributed by atoms with Crippen LogP contribution < -0.4 is 20.7 Å². The third kappa shape index (κ3) is 8.58. The number of methoxy groups -OCH3 is 1. The highest BCUT2D eigenvalue weighted by Gasteiger charge is 2.17. The van der Waals surface area contributed by atoms with E-state index in [-0.39, 0.29) is 16.9 Å². The van der Waals surface area contributed by atoms with Crippen LogP contribution in [0, 0.1) is 6.92 Å². The average molecular weight is 566 g/mol. The summed E-state index contributed by atoms with van der Waals surface area (Å²) < 4.78 is 5.29. The molecule has 0 fully saturated rings. The number of carbonyl (C=O) groups excluding carboxylic acids is 3. The summed E-state index contributed by atoms with van der Waals surface area (Å²) in [6.07, 6.45) is 1.59. The molecule has 4 rings (SSSR count). The first-order chi connectivity index (χ1) is 19.8. The van der Waals surface area contributed by atoms with Crippen molar-refractivity contribution in [3.05, 3.63) is 126 Å². The number of ether oxygens (including phenoxy) is 1. The van der Waals surface area contributed by atoms with Gasteiger partial charge in [-0.1, -0.05) is 48.5 Å². The number of benzene rings is 4. The second-order valence-electron chi connectivity index (χ2n) is 9.26. The van der Waals surface area contributed by atoms with Crippen molar-refractivity contribution >= 4 is 46.9 Å². The molecule has 208 valence electrons. The highest BCUT2D eigenvalue weighted by atomic mass is 32.2.